The second-order valence-corrected chi connectivity index (χ2v) is 6.75. The van der Waals surface area contributed by atoms with Crippen molar-refractivity contribution in [3.63, 3.8) is 0 Å². The number of hydrogen-bond donors (Lipinski definition) is 1. The Bertz CT molecular complexity index is 745. The number of hydrogen-bond acceptors (Lipinski definition) is 3. The second-order valence-electron chi connectivity index (χ2n) is 5.91. The molecule has 0 aliphatic carbocycles. The largest absolute Gasteiger partial charge is 0.455 e. The molecule has 6 heteroatoms. The monoisotopic (exact) mass is 379 g/mol. The Morgan fingerprint density at radius 2 is 1.68 bits per heavy atom. The molecule has 2 rings (SSSR count). The first-order valence-corrected chi connectivity index (χ1v) is 8.60. The van der Waals surface area contributed by atoms with Crippen LogP contribution in [-0.2, 0) is 14.3 Å². The van der Waals surface area contributed by atoms with Gasteiger partial charge in [0.05, 0.1) is 16.6 Å². The van der Waals surface area contributed by atoms with Crippen molar-refractivity contribution in [3.05, 3.63) is 64.1 Å². The number of para-hydroxylation sites is 1. The van der Waals surface area contributed by atoms with Gasteiger partial charge in [-0.3, -0.25) is 9.59 Å². The fourth-order valence-corrected chi connectivity index (χ4v) is 2.75. The van der Waals surface area contributed by atoms with Crippen molar-refractivity contribution in [2.24, 2.45) is 5.92 Å². The summed E-state index contributed by atoms with van der Waals surface area (Å²) in [6.45, 7) is 3.47. The van der Waals surface area contributed by atoms with E-state index in [1.54, 1.807) is 48.5 Å². The van der Waals surface area contributed by atoms with Crippen molar-refractivity contribution in [2.45, 2.75) is 19.8 Å². The summed E-state index contributed by atoms with van der Waals surface area (Å²) >= 11 is 11.9. The standard InChI is InChI=1S/C19H19Cl2NO3/c1-12(2)18(13-7-9-14(20)10-8-13)19(24)25-11-17(23)22-16-6-4-3-5-15(16)21/h3-10,12,18H,11H2,1-2H3,(H,22,23)/t18-/m0/s1. The highest BCUT2D eigenvalue weighted by atomic mass is 35.5. The van der Waals surface area contributed by atoms with E-state index in [9.17, 15) is 9.59 Å². The van der Waals surface area contributed by atoms with Crippen LogP contribution in [0.25, 0.3) is 0 Å². The van der Waals surface area contributed by atoms with E-state index < -0.39 is 17.8 Å². The zero-order valence-electron chi connectivity index (χ0n) is 14.0. The molecule has 2 aromatic rings. The van der Waals surface area contributed by atoms with Gasteiger partial charge >= 0.3 is 5.97 Å². The number of rotatable bonds is 6. The molecule has 0 fully saturated rings. The first-order chi connectivity index (χ1) is 11.9. The molecule has 0 aliphatic heterocycles. The van der Waals surface area contributed by atoms with E-state index in [4.69, 9.17) is 27.9 Å². The highest BCUT2D eigenvalue weighted by Gasteiger charge is 2.26. The van der Waals surface area contributed by atoms with Crippen molar-refractivity contribution in [2.75, 3.05) is 11.9 Å². The maximum atomic E-state index is 12.4. The Morgan fingerprint density at radius 1 is 1.04 bits per heavy atom. The van der Waals surface area contributed by atoms with Crippen LogP contribution in [0.15, 0.2) is 48.5 Å². The van der Waals surface area contributed by atoms with Crippen LogP contribution in [0.2, 0.25) is 10.0 Å². The molecule has 0 unspecified atom stereocenters. The van der Waals surface area contributed by atoms with E-state index >= 15 is 0 Å². The highest BCUT2D eigenvalue weighted by Crippen LogP contribution is 2.27. The van der Waals surface area contributed by atoms with Crippen LogP contribution >= 0.6 is 23.2 Å². The van der Waals surface area contributed by atoms with Crippen LogP contribution in [0.3, 0.4) is 0 Å². The lowest BCUT2D eigenvalue weighted by Crippen LogP contribution is -2.26. The van der Waals surface area contributed by atoms with E-state index in [0.717, 1.165) is 5.56 Å². The van der Waals surface area contributed by atoms with Crippen LogP contribution in [0.1, 0.15) is 25.3 Å². The number of halogens is 2. The van der Waals surface area contributed by atoms with Crippen molar-refractivity contribution in [1.82, 2.24) is 0 Å². The molecule has 0 heterocycles. The van der Waals surface area contributed by atoms with Gasteiger partial charge in [-0.2, -0.15) is 0 Å². The van der Waals surface area contributed by atoms with Crippen LogP contribution < -0.4 is 5.32 Å². The molecule has 0 spiro atoms. The SMILES string of the molecule is CC(C)[C@H](C(=O)OCC(=O)Nc1ccccc1Cl)c1ccc(Cl)cc1. The molecule has 4 nitrogen and oxygen atoms in total. The fourth-order valence-electron chi connectivity index (χ4n) is 2.44. The van der Waals surface area contributed by atoms with Gasteiger partial charge < -0.3 is 10.1 Å². The van der Waals surface area contributed by atoms with Crippen molar-refractivity contribution < 1.29 is 14.3 Å². The number of carbonyl (C=O) groups excluding carboxylic acids is 2. The number of anilines is 1. The summed E-state index contributed by atoms with van der Waals surface area (Å²) < 4.78 is 5.20. The normalized spacial score (nSPS) is 11.9. The third-order valence-electron chi connectivity index (χ3n) is 3.64. The van der Waals surface area contributed by atoms with E-state index in [-0.39, 0.29) is 12.5 Å². The van der Waals surface area contributed by atoms with E-state index in [1.807, 2.05) is 13.8 Å². The third kappa shape index (κ3) is 5.48. The molecule has 0 aliphatic rings. The number of carbonyl (C=O) groups is 2. The molecular formula is C19H19Cl2NO3. The van der Waals surface area contributed by atoms with Crippen LogP contribution in [-0.4, -0.2) is 18.5 Å². The zero-order chi connectivity index (χ0) is 18.4. The Labute approximate surface area is 157 Å². The fraction of sp³-hybridized carbons (Fsp3) is 0.263. The van der Waals surface area contributed by atoms with Crippen molar-refractivity contribution in [3.8, 4) is 0 Å². The van der Waals surface area contributed by atoms with Crippen LogP contribution in [0, 0.1) is 5.92 Å². The quantitative estimate of drug-likeness (QED) is 0.724. The average Bonchev–Trinajstić information content (AvgIpc) is 2.57. The minimum absolute atomic E-state index is 0.0142. The molecule has 0 bridgehead atoms. The zero-order valence-corrected chi connectivity index (χ0v) is 15.5. The Hall–Kier alpha value is -2.04. The first-order valence-electron chi connectivity index (χ1n) is 7.85. The van der Waals surface area contributed by atoms with Crippen molar-refractivity contribution in [1.29, 1.82) is 0 Å². The van der Waals surface area contributed by atoms with Gasteiger partial charge in [0.15, 0.2) is 6.61 Å². The van der Waals surface area contributed by atoms with Crippen LogP contribution in [0.5, 0.6) is 0 Å². The molecule has 0 saturated heterocycles. The summed E-state index contributed by atoms with van der Waals surface area (Å²) in [6.07, 6.45) is 0. The maximum Gasteiger partial charge on any atom is 0.314 e. The summed E-state index contributed by atoms with van der Waals surface area (Å²) in [7, 11) is 0. The summed E-state index contributed by atoms with van der Waals surface area (Å²) in [5.41, 5.74) is 1.28. The van der Waals surface area contributed by atoms with Crippen molar-refractivity contribution >= 4 is 40.8 Å². The summed E-state index contributed by atoms with van der Waals surface area (Å²) in [4.78, 5) is 24.4. The Kier molecular flexibility index (Phi) is 6.85. The lowest BCUT2D eigenvalue weighted by atomic mass is 9.88. The van der Waals surface area contributed by atoms with Gasteiger partial charge in [0, 0.05) is 5.02 Å². The Morgan fingerprint density at radius 3 is 2.28 bits per heavy atom. The number of nitrogens with one attached hydrogen (secondary N) is 1. The molecule has 1 amide bonds. The molecular weight excluding hydrogens is 361 g/mol. The molecule has 0 radical (unpaired) electrons. The molecule has 25 heavy (non-hydrogen) atoms. The van der Waals surface area contributed by atoms with Gasteiger partial charge in [0.1, 0.15) is 0 Å². The molecule has 1 atom stereocenters. The average molecular weight is 380 g/mol. The summed E-state index contributed by atoms with van der Waals surface area (Å²) in [6, 6.07) is 13.9. The topological polar surface area (TPSA) is 55.4 Å². The van der Waals surface area contributed by atoms with Gasteiger partial charge in [0.25, 0.3) is 5.91 Å². The summed E-state index contributed by atoms with van der Waals surface area (Å²) in [5, 5.41) is 3.63. The first kappa shape index (κ1) is 19.3. The van der Waals surface area contributed by atoms with E-state index in [1.165, 1.54) is 0 Å². The second kappa shape index (κ2) is 8.88. The number of benzene rings is 2. The van der Waals surface area contributed by atoms with E-state index in [0.29, 0.717) is 15.7 Å². The minimum atomic E-state index is -0.467. The van der Waals surface area contributed by atoms with Crippen LogP contribution in [0.4, 0.5) is 5.69 Å². The minimum Gasteiger partial charge on any atom is -0.455 e. The van der Waals surface area contributed by atoms with Gasteiger partial charge in [-0.05, 0) is 35.7 Å². The highest BCUT2D eigenvalue weighted by molar-refractivity contribution is 6.33. The molecule has 0 aromatic heterocycles. The predicted molar refractivity (Wildman–Crippen MR) is 100 cm³/mol. The van der Waals surface area contributed by atoms with Gasteiger partial charge in [-0.25, -0.2) is 0 Å². The van der Waals surface area contributed by atoms with Gasteiger partial charge in [-0.15, -0.1) is 0 Å². The molecule has 0 saturated carbocycles. The molecule has 1 N–H and O–H groups in total. The maximum absolute atomic E-state index is 12.4. The Balaban J connectivity index is 1.98. The van der Waals surface area contributed by atoms with E-state index in [2.05, 4.69) is 5.32 Å². The number of amides is 1. The lowest BCUT2D eigenvalue weighted by Gasteiger charge is -2.20. The predicted octanol–water partition coefficient (Wildman–Crippen LogP) is 4.91. The number of esters is 1. The van der Waals surface area contributed by atoms with Gasteiger partial charge in [-0.1, -0.05) is 61.3 Å². The number of ether oxygens (including phenoxy) is 1. The van der Waals surface area contributed by atoms with Gasteiger partial charge in [0.2, 0.25) is 0 Å². The third-order valence-corrected chi connectivity index (χ3v) is 4.22. The summed E-state index contributed by atoms with van der Waals surface area (Å²) in [5.74, 6) is -1.35. The smallest absolute Gasteiger partial charge is 0.314 e. The molecule has 2 aromatic carbocycles. The molecule has 132 valence electrons. The lowest BCUT2D eigenvalue weighted by molar-refractivity contribution is -0.149.